The van der Waals surface area contributed by atoms with Gasteiger partial charge in [0.1, 0.15) is 5.60 Å². The predicted octanol–water partition coefficient (Wildman–Crippen LogP) is 3.97. The van der Waals surface area contributed by atoms with E-state index in [-0.39, 0.29) is 6.09 Å². The van der Waals surface area contributed by atoms with E-state index in [4.69, 9.17) is 9.26 Å². The molecule has 0 N–H and O–H groups in total. The number of halogens is 1. The number of nitrogens with zero attached hydrogens (tertiary/aromatic N) is 3. The van der Waals surface area contributed by atoms with Crippen molar-refractivity contribution in [3.8, 4) is 10.7 Å². The maximum absolute atomic E-state index is 11.9. The lowest BCUT2D eigenvalue weighted by Gasteiger charge is -2.39. The number of hydrogen-bond donors (Lipinski definition) is 0. The van der Waals surface area contributed by atoms with Gasteiger partial charge in [-0.1, -0.05) is 5.16 Å². The Kier molecular flexibility index (Phi) is 4.46. The molecular weight excluding hydrogens is 382 g/mol. The minimum atomic E-state index is -0.460. The SMILES string of the molecule is CC(C)(C)OC(=O)N1CC(Cc2nc(-c3ccc(Br)s3)no2)C1. The largest absolute Gasteiger partial charge is 0.444 e. The predicted molar refractivity (Wildman–Crippen MR) is 90.3 cm³/mol. The fourth-order valence-electron chi connectivity index (χ4n) is 2.29. The van der Waals surface area contributed by atoms with Crippen molar-refractivity contribution in [2.75, 3.05) is 13.1 Å². The van der Waals surface area contributed by atoms with Crippen molar-refractivity contribution < 1.29 is 14.1 Å². The van der Waals surface area contributed by atoms with Crippen molar-refractivity contribution in [1.82, 2.24) is 15.0 Å². The van der Waals surface area contributed by atoms with E-state index in [0.29, 0.717) is 37.1 Å². The van der Waals surface area contributed by atoms with Crippen molar-refractivity contribution in [3.05, 3.63) is 21.8 Å². The standard InChI is InChI=1S/C15H18BrN3O3S/c1-15(2,3)21-14(20)19-7-9(8-19)6-12-17-13(18-22-12)10-4-5-11(16)23-10/h4-5,9H,6-8H2,1-3H3. The van der Waals surface area contributed by atoms with E-state index in [2.05, 4.69) is 26.1 Å². The van der Waals surface area contributed by atoms with E-state index in [0.717, 1.165) is 8.66 Å². The summed E-state index contributed by atoms with van der Waals surface area (Å²) in [5, 5.41) is 4.01. The third kappa shape index (κ3) is 4.11. The lowest BCUT2D eigenvalue weighted by atomic mass is 9.97. The second-order valence-electron chi connectivity index (χ2n) is 6.57. The summed E-state index contributed by atoms with van der Waals surface area (Å²) < 4.78 is 11.7. The first-order valence-corrected chi connectivity index (χ1v) is 8.97. The molecule has 23 heavy (non-hydrogen) atoms. The molecule has 1 aliphatic rings. The van der Waals surface area contributed by atoms with Crippen LogP contribution in [0.2, 0.25) is 0 Å². The van der Waals surface area contributed by atoms with Crippen LogP contribution in [0.1, 0.15) is 26.7 Å². The normalized spacial score (nSPS) is 15.6. The van der Waals surface area contributed by atoms with Crippen LogP contribution in [0.15, 0.2) is 20.4 Å². The lowest BCUT2D eigenvalue weighted by Crippen LogP contribution is -2.52. The molecule has 1 saturated heterocycles. The highest BCUT2D eigenvalue weighted by Gasteiger charge is 2.34. The number of carbonyl (C=O) groups is 1. The molecule has 0 radical (unpaired) electrons. The first-order chi connectivity index (χ1) is 10.8. The van der Waals surface area contributed by atoms with E-state index in [9.17, 15) is 4.79 Å². The quantitative estimate of drug-likeness (QED) is 0.780. The van der Waals surface area contributed by atoms with Crippen molar-refractivity contribution >= 4 is 33.4 Å². The number of ether oxygens (including phenoxy) is 1. The zero-order valence-corrected chi connectivity index (χ0v) is 15.6. The first kappa shape index (κ1) is 16.4. The molecule has 1 aliphatic heterocycles. The Morgan fingerprint density at radius 3 is 2.83 bits per heavy atom. The van der Waals surface area contributed by atoms with Crippen LogP contribution in [0.25, 0.3) is 10.7 Å². The summed E-state index contributed by atoms with van der Waals surface area (Å²) in [7, 11) is 0. The summed E-state index contributed by atoms with van der Waals surface area (Å²) in [5.74, 6) is 1.56. The molecule has 6 nitrogen and oxygen atoms in total. The molecule has 1 fully saturated rings. The highest BCUT2D eigenvalue weighted by molar-refractivity contribution is 9.11. The van der Waals surface area contributed by atoms with Crippen molar-refractivity contribution in [2.45, 2.75) is 32.8 Å². The molecule has 124 valence electrons. The number of amides is 1. The molecule has 0 atom stereocenters. The Bertz CT molecular complexity index is 701. The molecule has 0 bridgehead atoms. The molecule has 1 amide bonds. The summed E-state index contributed by atoms with van der Waals surface area (Å²) in [6, 6.07) is 3.91. The van der Waals surface area contributed by atoms with Crippen LogP contribution in [-0.4, -0.2) is 39.8 Å². The average molecular weight is 400 g/mol. The molecule has 8 heteroatoms. The Morgan fingerprint density at radius 1 is 1.48 bits per heavy atom. The van der Waals surface area contributed by atoms with Crippen molar-refractivity contribution in [1.29, 1.82) is 0 Å². The molecule has 2 aromatic rings. The number of carbonyl (C=O) groups excluding carboxylic acids is 1. The fourth-order valence-corrected chi connectivity index (χ4v) is 3.61. The van der Waals surface area contributed by atoms with Gasteiger partial charge in [0.05, 0.1) is 8.66 Å². The molecule has 3 rings (SSSR count). The van der Waals surface area contributed by atoms with Crippen molar-refractivity contribution in [2.24, 2.45) is 5.92 Å². The molecular formula is C15H18BrN3O3S. The summed E-state index contributed by atoms with van der Waals surface area (Å²) in [6.45, 7) is 6.93. The maximum Gasteiger partial charge on any atom is 0.410 e. The van der Waals surface area contributed by atoms with Gasteiger partial charge in [-0.25, -0.2) is 4.79 Å². The fraction of sp³-hybridized carbons (Fsp3) is 0.533. The topological polar surface area (TPSA) is 68.5 Å². The summed E-state index contributed by atoms with van der Waals surface area (Å²) in [4.78, 5) is 19.0. The third-order valence-corrected chi connectivity index (χ3v) is 4.95. The van der Waals surface area contributed by atoms with Gasteiger partial charge in [0.2, 0.25) is 11.7 Å². The maximum atomic E-state index is 11.9. The van der Waals surface area contributed by atoms with Gasteiger partial charge in [-0.05, 0) is 48.8 Å². The molecule has 2 aromatic heterocycles. The third-order valence-electron chi connectivity index (χ3n) is 3.33. The van der Waals surface area contributed by atoms with Crippen LogP contribution in [-0.2, 0) is 11.2 Å². The van der Waals surface area contributed by atoms with E-state index < -0.39 is 5.60 Å². The highest BCUT2D eigenvalue weighted by atomic mass is 79.9. The number of hydrogen-bond acceptors (Lipinski definition) is 6. The van der Waals surface area contributed by atoms with E-state index in [1.807, 2.05) is 32.9 Å². The van der Waals surface area contributed by atoms with Gasteiger partial charge in [-0.2, -0.15) is 4.98 Å². The zero-order chi connectivity index (χ0) is 16.6. The van der Waals surface area contributed by atoms with Crippen LogP contribution in [0.5, 0.6) is 0 Å². The number of likely N-dealkylation sites (tertiary alicyclic amines) is 1. The smallest absolute Gasteiger partial charge is 0.410 e. The van der Waals surface area contributed by atoms with Crippen LogP contribution < -0.4 is 0 Å². The van der Waals surface area contributed by atoms with Gasteiger partial charge in [-0.3, -0.25) is 0 Å². The van der Waals surface area contributed by atoms with Gasteiger partial charge < -0.3 is 14.2 Å². The minimum absolute atomic E-state index is 0.261. The zero-order valence-electron chi connectivity index (χ0n) is 13.2. The van der Waals surface area contributed by atoms with Crippen LogP contribution in [0, 0.1) is 5.92 Å². The average Bonchev–Trinajstić information content (AvgIpc) is 2.99. The second kappa shape index (κ2) is 6.24. The van der Waals surface area contributed by atoms with Crippen LogP contribution >= 0.6 is 27.3 Å². The molecule has 0 unspecified atom stereocenters. The van der Waals surface area contributed by atoms with E-state index in [1.165, 1.54) is 0 Å². The Labute approximate surface area is 146 Å². The van der Waals surface area contributed by atoms with Gasteiger partial charge in [0.25, 0.3) is 0 Å². The number of aromatic nitrogens is 2. The van der Waals surface area contributed by atoms with Gasteiger partial charge in [0, 0.05) is 25.4 Å². The minimum Gasteiger partial charge on any atom is -0.444 e. The first-order valence-electron chi connectivity index (χ1n) is 7.36. The highest BCUT2D eigenvalue weighted by Crippen LogP contribution is 2.30. The van der Waals surface area contributed by atoms with E-state index in [1.54, 1.807) is 16.2 Å². The second-order valence-corrected chi connectivity index (χ2v) is 9.03. The van der Waals surface area contributed by atoms with Gasteiger partial charge in [-0.15, -0.1) is 11.3 Å². The summed E-state index contributed by atoms with van der Waals surface area (Å²) >= 11 is 4.99. The molecule has 0 aromatic carbocycles. The molecule has 0 saturated carbocycles. The number of thiophene rings is 1. The monoisotopic (exact) mass is 399 g/mol. The van der Waals surface area contributed by atoms with Gasteiger partial charge >= 0.3 is 6.09 Å². The molecule has 0 aliphatic carbocycles. The Morgan fingerprint density at radius 2 is 2.22 bits per heavy atom. The molecule has 3 heterocycles. The van der Waals surface area contributed by atoms with Crippen molar-refractivity contribution in [3.63, 3.8) is 0 Å². The summed E-state index contributed by atoms with van der Waals surface area (Å²) in [5.41, 5.74) is -0.460. The van der Waals surface area contributed by atoms with E-state index >= 15 is 0 Å². The Hall–Kier alpha value is -1.41. The van der Waals surface area contributed by atoms with Crippen LogP contribution in [0.3, 0.4) is 0 Å². The van der Waals surface area contributed by atoms with Crippen LogP contribution in [0.4, 0.5) is 4.79 Å². The molecule has 0 spiro atoms. The Balaban J connectivity index is 1.51. The number of rotatable bonds is 3. The van der Waals surface area contributed by atoms with Gasteiger partial charge in [0.15, 0.2) is 0 Å². The lowest BCUT2D eigenvalue weighted by molar-refractivity contribution is -0.00186. The summed E-state index contributed by atoms with van der Waals surface area (Å²) in [6.07, 6.45) is 0.419.